The van der Waals surface area contributed by atoms with Crippen LogP contribution in [0, 0.1) is 0 Å². The summed E-state index contributed by atoms with van der Waals surface area (Å²) in [4.78, 5) is 14.5. The summed E-state index contributed by atoms with van der Waals surface area (Å²) in [6.45, 7) is 3.19. The van der Waals surface area contributed by atoms with E-state index in [2.05, 4.69) is 55.7 Å². The van der Waals surface area contributed by atoms with E-state index in [1.54, 1.807) is 0 Å². The predicted molar refractivity (Wildman–Crippen MR) is 101 cm³/mol. The fourth-order valence-electron chi connectivity index (χ4n) is 2.96. The molecule has 1 fully saturated rings. The number of carbonyl (C=O) groups excluding carboxylic acids is 1. The zero-order chi connectivity index (χ0) is 16.8. The van der Waals surface area contributed by atoms with Gasteiger partial charge in [0.25, 0.3) is 0 Å². The first kappa shape index (κ1) is 17.0. The van der Waals surface area contributed by atoms with E-state index >= 15 is 0 Å². The van der Waals surface area contributed by atoms with Gasteiger partial charge in [-0.1, -0.05) is 46.3 Å². The quantitative estimate of drug-likeness (QED) is 0.799. The van der Waals surface area contributed by atoms with Crippen LogP contribution in [0.2, 0.25) is 0 Å². The van der Waals surface area contributed by atoms with Crippen LogP contribution in [0.3, 0.4) is 0 Å². The van der Waals surface area contributed by atoms with Gasteiger partial charge in [-0.2, -0.15) is 0 Å². The molecule has 0 saturated carbocycles. The lowest BCUT2D eigenvalue weighted by Gasteiger charge is -2.17. The third-order valence-electron chi connectivity index (χ3n) is 4.18. The minimum absolute atomic E-state index is 0.0458. The zero-order valence-electron chi connectivity index (χ0n) is 13.5. The third-order valence-corrected chi connectivity index (χ3v) is 4.71. The summed E-state index contributed by atoms with van der Waals surface area (Å²) in [5, 5.41) is 6.27. The summed E-state index contributed by atoms with van der Waals surface area (Å²) < 4.78 is 1.03. The summed E-state index contributed by atoms with van der Waals surface area (Å²) >= 11 is 3.40. The maximum absolute atomic E-state index is 12.1. The second-order valence-corrected chi connectivity index (χ2v) is 7.05. The number of nitrogens with zero attached hydrogens (tertiary/aromatic N) is 1. The van der Waals surface area contributed by atoms with E-state index in [-0.39, 0.29) is 11.9 Å². The maximum Gasteiger partial charge on any atom is 0.239 e. The standard InChI is InChI=1S/C19H22BrN3O/c20-16-6-8-17(9-7-16)21-12-19(24)22-18-10-11-23(14-18)13-15-4-2-1-3-5-15/h1-9,18,21H,10-14H2,(H,22,24)/t18-/m1/s1. The highest BCUT2D eigenvalue weighted by Gasteiger charge is 2.23. The zero-order valence-corrected chi connectivity index (χ0v) is 15.1. The molecule has 1 aliphatic heterocycles. The fraction of sp³-hybridized carbons (Fsp3) is 0.316. The van der Waals surface area contributed by atoms with Crippen LogP contribution in [-0.4, -0.2) is 36.5 Å². The molecule has 0 aliphatic carbocycles. The summed E-state index contributed by atoms with van der Waals surface area (Å²) in [5.74, 6) is 0.0458. The van der Waals surface area contributed by atoms with E-state index in [0.29, 0.717) is 6.54 Å². The van der Waals surface area contributed by atoms with Gasteiger partial charge in [0.1, 0.15) is 0 Å². The Kier molecular flexibility index (Phi) is 5.88. The van der Waals surface area contributed by atoms with Crippen molar-refractivity contribution in [1.82, 2.24) is 10.2 Å². The van der Waals surface area contributed by atoms with Crippen LogP contribution >= 0.6 is 15.9 Å². The molecule has 1 heterocycles. The second-order valence-electron chi connectivity index (χ2n) is 6.13. The molecule has 2 aromatic rings. The van der Waals surface area contributed by atoms with E-state index in [4.69, 9.17) is 0 Å². The van der Waals surface area contributed by atoms with Gasteiger partial charge in [-0.25, -0.2) is 0 Å². The van der Waals surface area contributed by atoms with Gasteiger partial charge in [0.15, 0.2) is 0 Å². The Balaban J connectivity index is 1.40. The molecule has 0 spiro atoms. The number of rotatable bonds is 6. The van der Waals surface area contributed by atoms with Gasteiger partial charge in [-0.15, -0.1) is 0 Å². The number of benzene rings is 2. The highest BCUT2D eigenvalue weighted by atomic mass is 79.9. The van der Waals surface area contributed by atoms with Gasteiger partial charge >= 0.3 is 0 Å². The van der Waals surface area contributed by atoms with Crippen molar-refractivity contribution in [2.75, 3.05) is 25.0 Å². The summed E-state index contributed by atoms with van der Waals surface area (Å²) in [6, 6.07) is 18.5. The van der Waals surface area contributed by atoms with E-state index < -0.39 is 0 Å². The molecule has 126 valence electrons. The van der Waals surface area contributed by atoms with Crippen molar-refractivity contribution in [2.24, 2.45) is 0 Å². The molecular formula is C19H22BrN3O. The summed E-state index contributed by atoms with van der Waals surface area (Å²) in [7, 11) is 0. The van der Waals surface area contributed by atoms with Crippen molar-refractivity contribution in [3.8, 4) is 0 Å². The highest BCUT2D eigenvalue weighted by molar-refractivity contribution is 9.10. The lowest BCUT2D eigenvalue weighted by Crippen LogP contribution is -2.40. The monoisotopic (exact) mass is 387 g/mol. The summed E-state index contributed by atoms with van der Waals surface area (Å²) in [6.07, 6.45) is 1.01. The minimum atomic E-state index is 0.0458. The molecule has 3 rings (SSSR count). The van der Waals surface area contributed by atoms with Crippen molar-refractivity contribution < 1.29 is 4.79 Å². The number of amides is 1. The van der Waals surface area contributed by atoms with Gasteiger partial charge in [0, 0.05) is 35.8 Å². The van der Waals surface area contributed by atoms with E-state index in [1.165, 1.54) is 5.56 Å². The van der Waals surface area contributed by atoms with Gasteiger partial charge in [0.2, 0.25) is 5.91 Å². The third kappa shape index (κ3) is 5.08. The molecule has 0 radical (unpaired) electrons. The first-order chi connectivity index (χ1) is 11.7. The minimum Gasteiger partial charge on any atom is -0.376 e. The number of likely N-dealkylation sites (tertiary alicyclic amines) is 1. The van der Waals surface area contributed by atoms with Gasteiger partial charge < -0.3 is 10.6 Å². The van der Waals surface area contributed by atoms with E-state index in [1.807, 2.05) is 30.3 Å². The number of carbonyl (C=O) groups is 1. The molecule has 1 aliphatic rings. The molecule has 1 amide bonds. The average Bonchev–Trinajstić information content (AvgIpc) is 3.02. The number of hydrogen-bond donors (Lipinski definition) is 2. The van der Waals surface area contributed by atoms with E-state index in [0.717, 1.165) is 36.2 Å². The van der Waals surface area contributed by atoms with Crippen molar-refractivity contribution in [2.45, 2.75) is 19.0 Å². The first-order valence-electron chi connectivity index (χ1n) is 8.24. The Bertz CT molecular complexity index is 660. The van der Waals surface area contributed by atoms with Crippen LogP contribution in [0.4, 0.5) is 5.69 Å². The molecule has 0 aromatic heterocycles. The Morgan fingerprint density at radius 2 is 1.88 bits per heavy atom. The summed E-state index contributed by atoms with van der Waals surface area (Å²) in [5.41, 5.74) is 2.27. The number of nitrogens with one attached hydrogen (secondary N) is 2. The van der Waals surface area contributed by atoms with Gasteiger partial charge in [0.05, 0.1) is 6.54 Å². The molecular weight excluding hydrogens is 366 g/mol. The SMILES string of the molecule is O=C(CNc1ccc(Br)cc1)N[C@@H]1CCN(Cc2ccccc2)C1. The largest absolute Gasteiger partial charge is 0.376 e. The number of halogens is 1. The molecule has 1 saturated heterocycles. The van der Waals surface area contributed by atoms with Crippen LogP contribution in [0.15, 0.2) is 59.1 Å². The van der Waals surface area contributed by atoms with Gasteiger partial charge in [-0.3, -0.25) is 9.69 Å². The molecule has 4 nitrogen and oxygen atoms in total. The highest BCUT2D eigenvalue weighted by Crippen LogP contribution is 2.15. The van der Waals surface area contributed by atoms with Crippen LogP contribution < -0.4 is 10.6 Å². The fourth-order valence-corrected chi connectivity index (χ4v) is 3.23. The Labute approximate surface area is 151 Å². The first-order valence-corrected chi connectivity index (χ1v) is 9.03. The van der Waals surface area contributed by atoms with Crippen LogP contribution in [0.1, 0.15) is 12.0 Å². The number of hydrogen-bond acceptors (Lipinski definition) is 3. The van der Waals surface area contributed by atoms with Crippen molar-refractivity contribution in [3.05, 3.63) is 64.6 Å². The Morgan fingerprint density at radius 1 is 1.12 bits per heavy atom. The smallest absolute Gasteiger partial charge is 0.239 e. The topological polar surface area (TPSA) is 44.4 Å². The molecule has 5 heteroatoms. The Morgan fingerprint density at radius 3 is 2.62 bits per heavy atom. The molecule has 2 aromatic carbocycles. The van der Waals surface area contributed by atoms with Gasteiger partial charge in [-0.05, 0) is 36.2 Å². The normalized spacial score (nSPS) is 17.6. The molecule has 0 bridgehead atoms. The van der Waals surface area contributed by atoms with Crippen LogP contribution in [0.5, 0.6) is 0 Å². The molecule has 24 heavy (non-hydrogen) atoms. The second kappa shape index (κ2) is 8.31. The molecule has 2 N–H and O–H groups in total. The predicted octanol–water partition coefficient (Wildman–Crippen LogP) is 3.25. The average molecular weight is 388 g/mol. The maximum atomic E-state index is 12.1. The van der Waals surface area contributed by atoms with Crippen LogP contribution in [0.25, 0.3) is 0 Å². The molecule has 1 atom stereocenters. The number of anilines is 1. The lowest BCUT2D eigenvalue weighted by molar-refractivity contribution is -0.120. The van der Waals surface area contributed by atoms with Crippen molar-refractivity contribution in [3.63, 3.8) is 0 Å². The Hall–Kier alpha value is -1.85. The molecule has 0 unspecified atom stereocenters. The van der Waals surface area contributed by atoms with Crippen molar-refractivity contribution in [1.29, 1.82) is 0 Å². The van der Waals surface area contributed by atoms with E-state index in [9.17, 15) is 4.79 Å². The lowest BCUT2D eigenvalue weighted by atomic mass is 10.2. The van der Waals surface area contributed by atoms with Crippen LogP contribution in [-0.2, 0) is 11.3 Å². The van der Waals surface area contributed by atoms with Crippen molar-refractivity contribution >= 4 is 27.5 Å².